The summed E-state index contributed by atoms with van der Waals surface area (Å²) in [6.45, 7) is 2.09. The van der Waals surface area contributed by atoms with Crippen LogP contribution in [0.2, 0.25) is 0 Å². The molecule has 0 saturated heterocycles. The highest BCUT2D eigenvalue weighted by Crippen LogP contribution is 2.25. The lowest BCUT2D eigenvalue weighted by Gasteiger charge is -2.14. The summed E-state index contributed by atoms with van der Waals surface area (Å²) in [5, 5.41) is 0. The molecule has 0 aliphatic carbocycles. The molecule has 2 N–H and O–H groups in total. The van der Waals surface area contributed by atoms with Crippen LogP contribution in [0.1, 0.15) is 17.3 Å². The van der Waals surface area contributed by atoms with E-state index in [1.54, 1.807) is 32.2 Å². The molecule has 0 radical (unpaired) electrons. The van der Waals surface area contributed by atoms with Crippen molar-refractivity contribution in [3.8, 4) is 5.75 Å². The van der Waals surface area contributed by atoms with Crippen molar-refractivity contribution in [3.05, 3.63) is 23.8 Å². The van der Waals surface area contributed by atoms with Gasteiger partial charge in [-0.1, -0.05) is 6.07 Å². The molecule has 0 amide bonds. The molecule has 94 valence electrons. The first-order valence-electron chi connectivity index (χ1n) is 5.22. The molecule has 5 nitrogen and oxygen atoms in total. The maximum Gasteiger partial charge on any atom is 0.340 e. The second kappa shape index (κ2) is 6.10. The summed E-state index contributed by atoms with van der Waals surface area (Å²) in [4.78, 5) is 11.8. The minimum atomic E-state index is -0.481. The van der Waals surface area contributed by atoms with E-state index < -0.39 is 5.97 Å². The van der Waals surface area contributed by atoms with E-state index in [1.807, 2.05) is 0 Å². The van der Waals surface area contributed by atoms with Crippen molar-refractivity contribution in [2.45, 2.75) is 13.0 Å². The lowest BCUT2D eigenvalue weighted by atomic mass is 10.1. The summed E-state index contributed by atoms with van der Waals surface area (Å²) in [7, 11) is 3.04. The van der Waals surface area contributed by atoms with Crippen LogP contribution < -0.4 is 10.5 Å². The third kappa shape index (κ3) is 3.35. The third-order valence-electron chi connectivity index (χ3n) is 2.22. The van der Waals surface area contributed by atoms with Gasteiger partial charge in [-0.2, -0.15) is 0 Å². The van der Waals surface area contributed by atoms with Crippen molar-refractivity contribution in [1.29, 1.82) is 0 Å². The van der Waals surface area contributed by atoms with E-state index in [2.05, 4.69) is 0 Å². The first-order valence-corrected chi connectivity index (χ1v) is 5.22. The average Bonchev–Trinajstić information content (AvgIpc) is 2.29. The number of carbonyl (C=O) groups is 1. The van der Waals surface area contributed by atoms with Gasteiger partial charge in [0, 0.05) is 7.11 Å². The van der Waals surface area contributed by atoms with E-state index >= 15 is 0 Å². The maximum absolute atomic E-state index is 11.8. The lowest BCUT2D eigenvalue weighted by Crippen LogP contribution is -2.20. The molecule has 17 heavy (non-hydrogen) atoms. The Kier molecular flexibility index (Phi) is 4.78. The molecule has 1 unspecified atom stereocenters. The van der Waals surface area contributed by atoms with Crippen LogP contribution in [0, 0.1) is 0 Å². The lowest BCUT2D eigenvalue weighted by molar-refractivity contribution is 0.0121. The standard InChI is InChI=1S/C12H17NO4/c1-8(7-15-2)17-12(14)9-5-4-6-10(16-3)11(9)13/h4-6,8H,7,13H2,1-3H3. The highest BCUT2D eigenvalue weighted by atomic mass is 16.6. The van der Waals surface area contributed by atoms with E-state index in [4.69, 9.17) is 19.9 Å². The Morgan fingerprint density at radius 3 is 2.71 bits per heavy atom. The molecule has 1 aromatic carbocycles. The minimum Gasteiger partial charge on any atom is -0.495 e. The number of carbonyl (C=O) groups excluding carboxylic acids is 1. The Labute approximate surface area is 100 Å². The zero-order valence-electron chi connectivity index (χ0n) is 10.2. The summed E-state index contributed by atoms with van der Waals surface area (Å²) in [6.07, 6.45) is -0.321. The van der Waals surface area contributed by atoms with Crippen LogP contribution in [0.3, 0.4) is 0 Å². The topological polar surface area (TPSA) is 70.8 Å². The number of hydrogen-bond donors (Lipinski definition) is 1. The summed E-state index contributed by atoms with van der Waals surface area (Å²) in [5.74, 6) is -0.0233. The van der Waals surface area contributed by atoms with Gasteiger partial charge in [0.2, 0.25) is 0 Å². The summed E-state index contributed by atoms with van der Waals surface area (Å²) < 4.78 is 15.1. The highest BCUT2D eigenvalue weighted by Gasteiger charge is 2.16. The molecular formula is C12H17NO4. The molecule has 0 aliphatic rings. The number of methoxy groups -OCH3 is 2. The SMILES string of the molecule is COCC(C)OC(=O)c1cccc(OC)c1N. The van der Waals surface area contributed by atoms with Crippen LogP contribution in [0.5, 0.6) is 5.75 Å². The monoisotopic (exact) mass is 239 g/mol. The van der Waals surface area contributed by atoms with Crippen molar-refractivity contribution in [1.82, 2.24) is 0 Å². The number of para-hydroxylation sites is 1. The number of benzene rings is 1. The largest absolute Gasteiger partial charge is 0.495 e. The number of hydrogen-bond acceptors (Lipinski definition) is 5. The van der Waals surface area contributed by atoms with Gasteiger partial charge in [0.1, 0.15) is 11.9 Å². The molecular weight excluding hydrogens is 222 g/mol. The Morgan fingerprint density at radius 1 is 1.41 bits per heavy atom. The molecule has 0 spiro atoms. The van der Waals surface area contributed by atoms with Gasteiger partial charge in [-0.3, -0.25) is 0 Å². The zero-order chi connectivity index (χ0) is 12.8. The fraction of sp³-hybridized carbons (Fsp3) is 0.417. The predicted octanol–water partition coefficient (Wildman–Crippen LogP) is 1.47. The quantitative estimate of drug-likeness (QED) is 0.622. The van der Waals surface area contributed by atoms with Gasteiger partial charge in [-0.25, -0.2) is 4.79 Å². The van der Waals surface area contributed by atoms with Crippen LogP contribution >= 0.6 is 0 Å². The zero-order valence-corrected chi connectivity index (χ0v) is 10.2. The first-order chi connectivity index (χ1) is 8.10. The molecule has 1 aromatic rings. The Balaban J connectivity index is 2.82. The van der Waals surface area contributed by atoms with E-state index in [1.165, 1.54) is 7.11 Å². The molecule has 0 saturated carbocycles. The summed E-state index contributed by atoms with van der Waals surface area (Å²) in [6, 6.07) is 4.97. The Morgan fingerprint density at radius 2 is 2.12 bits per heavy atom. The second-order valence-electron chi connectivity index (χ2n) is 3.59. The molecule has 0 aliphatic heterocycles. The Bertz CT molecular complexity index is 392. The number of rotatable bonds is 5. The molecule has 5 heteroatoms. The number of ether oxygens (including phenoxy) is 3. The fourth-order valence-corrected chi connectivity index (χ4v) is 1.41. The number of esters is 1. The molecule has 0 heterocycles. The molecule has 1 atom stereocenters. The predicted molar refractivity (Wildman–Crippen MR) is 64.2 cm³/mol. The van der Waals surface area contributed by atoms with Crippen LogP contribution in [-0.4, -0.2) is 32.9 Å². The average molecular weight is 239 g/mol. The van der Waals surface area contributed by atoms with Crippen molar-refractivity contribution in [2.75, 3.05) is 26.6 Å². The van der Waals surface area contributed by atoms with Crippen LogP contribution in [0.4, 0.5) is 5.69 Å². The Hall–Kier alpha value is -1.75. The third-order valence-corrected chi connectivity index (χ3v) is 2.22. The minimum absolute atomic E-state index is 0.282. The fourth-order valence-electron chi connectivity index (χ4n) is 1.41. The first kappa shape index (κ1) is 13.3. The molecule has 0 bridgehead atoms. The van der Waals surface area contributed by atoms with Gasteiger partial charge in [0.25, 0.3) is 0 Å². The van der Waals surface area contributed by atoms with Gasteiger partial charge in [-0.15, -0.1) is 0 Å². The number of nitrogens with two attached hydrogens (primary N) is 1. The highest BCUT2D eigenvalue weighted by molar-refractivity contribution is 5.96. The summed E-state index contributed by atoms with van der Waals surface area (Å²) in [5.41, 5.74) is 6.37. The molecule has 1 rings (SSSR count). The molecule has 0 fully saturated rings. The second-order valence-corrected chi connectivity index (χ2v) is 3.59. The van der Waals surface area contributed by atoms with Crippen LogP contribution in [0.15, 0.2) is 18.2 Å². The number of nitrogen functional groups attached to an aromatic ring is 1. The van der Waals surface area contributed by atoms with E-state index in [0.29, 0.717) is 17.9 Å². The smallest absolute Gasteiger partial charge is 0.340 e. The number of anilines is 1. The van der Waals surface area contributed by atoms with E-state index in [9.17, 15) is 4.79 Å². The van der Waals surface area contributed by atoms with Crippen LogP contribution in [-0.2, 0) is 9.47 Å². The van der Waals surface area contributed by atoms with Crippen LogP contribution in [0.25, 0.3) is 0 Å². The van der Waals surface area contributed by atoms with Gasteiger partial charge in [0.05, 0.1) is 25.0 Å². The summed E-state index contributed by atoms with van der Waals surface area (Å²) >= 11 is 0. The van der Waals surface area contributed by atoms with Gasteiger partial charge >= 0.3 is 5.97 Å². The van der Waals surface area contributed by atoms with Crippen molar-refractivity contribution in [2.24, 2.45) is 0 Å². The normalized spacial score (nSPS) is 11.9. The molecule has 0 aromatic heterocycles. The van der Waals surface area contributed by atoms with E-state index in [-0.39, 0.29) is 11.8 Å². The maximum atomic E-state index is 11.8. The van der Waals surface area contributed by atoms with Crippen molar-refractivity contribution < 1.29 is 19.0 Å². The van der Waals surface area contributed by atoms with Gasteiger partial charge < -0.3 is 19.9 Å². The van der Waals surface area contributed by atoms with Gasteiger partial charge in [0.15, 0.2) is 0 Å². The van der Waals surface area contributed by atoms with Gasteiger partial charge in [-0.05, 0) is 19.1 Å². The van der Waals surface area contributed by atoms with E-state index in [0.717, 1.165) is 0 Å². The van der Waals surface area contributed by atoms with Crippen molar-refractivity contribution >= 4 is 11.7 Å². The van der Waals surface area contributed by atoms with Crippen molar-refractivity contribution in [3.63, 3.8) is 0 Å².